The molecule has 0 radical (unpaired) electrons. The molecule has 4 nitrogen and oxygen atoms in total. The molecule has 0 atom stereocenters. The van der Waals surface area contributed by atoms with E-state index < -0.39 is 5.97 Å². The van der Waals surface area contributed by atoms with Crippen LogP contribution in [0.5, 0.6) is 0 Å². The van der Waals surface area contributed by atoms with Crippen LogP contribution in [-0.4, -0.2) is 40.7 Å². The molecule has 1 amide bonds. The summed E-state index contributed by atoms with van der Waals surface area (Å²) in [4.78, 5) is 25.7. The summed E-state index contributed by atoms with van der Waals surface area (Å²) in [5.41, 5.74) is 0.262. The van der Waals surface area contributed by atoms with E-state index in [-0.39, 0.29) is 11.5 Å². The van der Waals surface area contributed by atoms with Crippen molar-refractivity contribution in [1.29, 1.82) is 0 Å². The zero-order chi connectivity index (χ0) is 14.5. The molecule has 0 bridgehead atoms. The van der Waals surface area contributed by atoms with Crippen LogP contribution in [0, 0.1) is 5.92 Å². The van der Waals surface area contributed by atoms with E-state index in [0.717, 1.165) is 25.9 Å². The Morgan fingerprint density at radius 2 is 1.95 bits per heavy atom. The van der Waals surface area contributed by atoms with Gasteiger partial charge in [-0.05, 0) is 30.9 Å². The lowest BCUT2D eigenvalue weighted by Gasteiger charge is -2.30. The third kappa shape index (κ3) is 3.76. The number of nitrogens with zero attached hydrogens (tertiary/aromatic N) is 1. The normalized spacial score (nSPS) is 16.1. The lowest BCUT2D eigenvalue weighted by molar-refractivity contribution is -0.129. The molecule has 1 aliphatic rings. The topological polar surface area (TPSA) is 57.6 Å². The maximum Gasteiger partial charge on any atom is 0.336 e. The van der Waals surface area contributed by atoms with Crippen molar-refractivity contribution in [2.24, 2.45) is 5.92 Å². The highest BCUT2D eigenvalue weighted by Crippen LogP contribution is 2.24. The van der Waals surface area contributed by atoms with E-state index in [1.807, 2.05) is 4.90 Å². The van der Waals surface area contributed by atoms with Crippen molar-refractivity contribution in [3.63, 3.8) is 0 Å². The van der Waals surface area contributed by atoms with E-state index >= 15 is 0 Å². The molecule has 2 rings (SSSR count). The molecule has 1 heterocycles. The molecule has 0 unspecified atom stereocenters. The molecule has 1 N–H and O–H groups in total. The number of carbonyl (C=O) groups is 2. The second-order valence-corrected chi connectivity index (χ2v) is 6.17. The number of hydrogen-bond donors (Lipinski definition) is 1. The van der Waals surface area contributed by atoms with E-state index in [9.17, 15) is 9.59 Å². The van der Waals surface area contributed by atoms with Gasteiger partial charge in [0.25, 0.3) is 0 Å². The Labute approximate surface area is 123 Å². The highest BCUT2D eigenvalue weighted by molar-refractivity contribution is 8.00. The van der Waals surface area contributed by atoms with Gasteiger partial charge in [0.1, 0.15) is 0 Å². The SMILES string of the molecule is CC1CCN(C(=O)CSc2ccccc2C(=O)O)CC1. The van der Waals surface area contributed by atoms with Crippen molar-refractivity contribution < 1.29 is 14.7 Å². The molecule has 1 aromatic rings. The highest BCUT2D eigenvalue weighted by atomic mass is 32.2. The van der Waals surface area contributed by atoms with Gasteiger partial charge in [-0.15, -0.1) is 11.8 Å². The van der Waals surface area contributed by atoms with E-state index in [1.165, 1.54) is 11.8 Å². The molecule has 1 aromatic carbocycles. The second kappa shape index (κ2) is 6.79. The molecule has 1 fully saturated rings. The molecule has 0 spiro atoms. The van der Waals surface area contributed by atoms with Crippen LogP contribution in [0.2, 0.25) is 0 Å². The molecule has 20 heavy (non-hydrogen) atoms. The Morgan fingerprint density at radius 3 is 2.60 bits per heavy atom. The van der Waals surface area contributed by atoms with Crippen LogP contribution in [0.25, 0.3) is 0 Å². The van der Waals surface area contributed by atoms with Crippen molar-refractivity contribution in [3.05, 3.63) is 29.8 Å². The van der Waals surface area contributed by atoms with Gasteiger partial charge in [0.05, 0.1) is 11.3 Å². The third-order valence-electron chi connectivity index (χ3n) is 3.60. The van der Waals surface area contributed by atoms with Crippen LogP contribution in [0.1, 0.15) is 30.1 Å². The fourth-order valence-electron chi connectivity index (χ4n) is 2.26. The minimum atomic E-state index is -0.952. The van der Waals surface area contributed by atoms with Gasteiger partial charge < -0.3 is 10.0 Å². The first-order valence-corrected chi connectivity index (χ1v) is 7.79. The Kier molecular flexibility index (Phi) is 5.06. The number of piperidine rings is 1. The van der Waals surface area contributed by atoms with Crippen molar-refractivity contribution in [2.45, 2.75) is 24.7 Å². The van der Waals surface area contributed by atoms with Crippen molar-refractivity contribution >= 4 is 23.6 Å². The summed E-state index contributed by atoms with van der Waals surface area (Å²) in [6.07, 6.45) is 2.12. The summed E-state index contributed by atoms with van der Waals surface area (Å²) in [7, 11) is 0. The number of rotatable bonds is 4. The fourth-order valence-corrected chi connectivity index (χ4v) is 3.21. The number of carbonyl (C=O) groups excluding carboxylic acids is 1. The van der Waals surface area contributed by atoms with Crippen LogP contribution in [0.15, 0.2) is 29.2 Å². The zero-order valence-electron chi connectivity index (χ0n) is 11.5. The predicted octanol–water partition coefficient (Wildman–Crippen LogP) is 2.74. The average Bonchev–Trinajstić information content (AvgIpc) is 2.45. The molecule has 0 saturated carbocycles. The Bertz CT molecular complexity index is 496. The number of benzene rings is 1. The quantitative estimate of drug-likeness (QED) is 0.867. The van der Waals surface area contributed by atoms with Crippen molar-refractivity contribution in [3.8, 4) is 0 Å². The number of carboxylic acids is 1. The molecular weight excluding hydrogens is 274 g/mol. The first-order chi connectivity index (χ1) is 9.58. The number of hydrogen-bond acceptors (Lipinski definition) is 3. The maximum atomic E-state index is 12.1. The molecule has 1 saturated heterocycles. The van der Waals surface area contributed by atoms with Gasteiger partial charge in [-0.3, -0.25) is 4.79 Å². The molecule has 0 aromatic heterocycles. The summed E-state index contributed by atoms with van der Waals surface area (Å²) in [6, 6.07) is 6.81. The number of likely N-dealkylation sites (tertiary alicyclic amines) is 1. The number of thioether (sulfide) groups is 1. The second-order valence-electron chi connectivity index (χ2n) is 5.15. The largest absolute Gasteiger partial charge is 0.478 e. The first-order valence-electron chi connectivity index (χ1n) is 6.81. The summed E-state index contributed by atoms with van der Waals surface area (Å²) < 4.78 is 0. The average molecular weight is 293 g/mol. The van der Waals surface area contributed by atoms with E-state index in [0.29, 0.717) is 16.6 Å². The maximum absolute atomic E-state index is 12.1. The van der Waals surface area contributed by atoms with E-state index in [1.54, 1.807) is 24.3 Å². The van der Waals surface area contributed by atoms with Gasteiger partial charge >= 0.3 is 5.97 Å². The van der Waals surface area contributed by atoms with Crippen molar-refractivity contribution in [2.75, 3.05) is 18.8 Å². The lowest BCUT2D eigenvalue weighted by atomic mass is 9.99. The van der Waals surface area contributed by atoms with Gasteiger partial charge in [-0.2, -0.15) is 0 Å². The van der Waals surface area contributed by atoms with Crippen LogP contribution in [0.3, 0.4) is 0 Å². The van der Waals surface area contributed by atoms with Gasteiger partial charge in [-0.25, -0.2) is 4.79 Å². The van der Waals surface area contributed by atoms with Crippen LogP contribution >= 0.6 is 11.8 Å². The molecule has 5 heteroatoms. The molecule has 108 valence electrons. The zero-order valence-corrected chi connectivity index (χ0v) is 12.4. The fraction of sp³-hybridized carbons (Fsp3) is 0.467. The number of amides is 1. The van der Waals surface area contributed by atoms with E-state index in [2.05, 4.69) is 6.92 Å². The smallest absolute Gasteiger partial charge is 0.336 e. The molecular formula is C15H19NO3S. The minimum Gasteiger partial charge on any atom is -0.478 e. The summed E-state index contributed by atoms with van der Waals surface area (Å²) in [6.45, 7) is 3.85. The van der Waals surface area contributed by atoms with Crippen molar-refractivity contribution in [1.82, 2.24) is 4.90 Å². The Morgan fingerprint density at radius 1 is 1.30 bits per heavy atom. The number of carboxylic acid groups (broad SMARTS) is 1. The standard InChI is InChI=1S/C15H19NO3S/c1-11-6-8-16(9-7-11)14(17)10-20-13-5-3-2-4-12(13)15(18)19/h2-5,11H,6-10H2,1H3,(H,18,19). The van der Waals surface area contributed by atoms with Gasteiger partial charge in [0, 0.05) is 18.0 Å². The Hall–Kier alpha value is -1.49. The lowest BCUT2D eigenvalue weighted by Crippen LogP contribution is -2.38. The van der Waals surface area contributed by atoms with Gasteiger partial charge in [-0.1, -0.05) is 19.1 Å². The van der Waals surface area contributed by atoms with E-state index in [4.69, 9.17) is 5.11 Å². The number of aromatic carboxylic acids is 1. The monoisotopic (exact) mass is 293 g/mol. The summed E-state index contributed by atoms with van der Waals surface area (Å²) in [5, 5.41) is 9.10. The minimum absolute atomic E-state index is 0.0992. The van der Waals surface area contributed by atoms with Gasteiger partial charge in [0.2, 0.25) is 5.91 Å². The van der Waals surface area contributed by atoms with Crippen LogP contribution in [0.4, 0.5) is 0 Å². The van der Waals surface area contributed by atoms with Crippen LogP contribution in [-0.2, 0) is 4.79 Å². The Balaban J connectivity index is 1.92. The third-order valence-corrected chi connectivity index (χ3v) is 4.66. The summed E-state index contributed by atoms with van der Waals surface area (Å²) in [5.74, 6) is 0.146. The summed E-state index contributed by atoms with van der Waals surface area (Å²) >= 11 is 1.31. The molecule has 1 aliphatic heterocycles. The highest BCUT2D eigenvalue weighted by Gasteiger charge is 2.20. The van der Waals surface area contributed by atoms with Crippen LogP contribution < -0.4 is 0 Å². The molecule has 0 aliphatic carbocycles. The van der Waals surface area contributed by atoms with Gasteiger partial charge in [0.15, 0.2) is 0 Å². The predicted molar refractivity (Wildman–Crippen MR) is 79.1 cm³/mol. The first kappa shape index (κ1) is 14.9.